The highest BCUT2D eigenvalue weighted by Gasteiger charge is 2.27. The van der Waals surface area contributed by atoms with Crippen LogP contribution in [0, 0.1) is 12.8 Å². The summed E-state index contributed by atoms with van der Waals surface area (Å²) in [4.78, 5) is 11.8. The predicted octanol–water partition coefficient (Wildman–Crippen LogP) is 2.04. The summed E-state index contributed by atoms with van der Waals surface area (Å²) in [6.07, 6.45) is 3.40. The Morgan fingerprint density at radius 3 is 2.80 bits per heavy atom. The van der Waals surface area contributed by atoms with Crippen LogP contribution in [0.3, 0.4) is 0 Å². The number of rotatable bonds is 6. The summed E-state index contributed by atoms with van der Waals surface area (Å²) in [6, 6.07) is 7.92. The van der Waals surface area contributed by atoms with Crippen LogP contribution >= 0.6 is 0 Å². The molecule has 0 heterocycles. The van der Waals surface area contributed by atoms with Gasteiger partial charge in [-0.05, 0) is 31.9 Å². The maximum atomic E-state index is 11.8. The van der Waals surface area contributed by atoms with Gasteiger partial charge in [0.1, 0.15) is 5.75 Å². The lowest BCUT2D eigenvalue weighted by atomic mass is 10.1. The minimum atomic E-state index is 0.00228. The van der Waals surface area contributed by atoms with Crippen molar-refractivity contribution >= 4 is 5.91 Å². The molecule has 0 radical (unpaired) electrons. The molecule has 1 aliphatic carbocycles. The maximum Gasteiger partial charge on any atom is 0.223 e. The van der Waals surface area contributed by atoms with E-state index in [1.54, 1.807) is 0 Å². The predicted molar refractivity (Wildman–Crippen MR) is 77.6 cm³/mol. The molecule has 1 amide bonds. The van der Waals surface area contributed by atoms with Crippen molar-refractivity contribution in [3.63, 3.8) is 0 Å². The van der Waals surface area contributed by atoms with Crippen LogP contribution in [0.15, 0.2) is 24.3 Å². The van der Waals surface area contributed by atoms with E-state index in [4.69, 9.17) is 4.74 Å². The molecule has 2 rings (SSSR count). The number of aliphatic hydroxyl groups excluding tert-OH is 1. The quantitative estimate of drug-likeness (QED) is 0.836. The van der Waals surface area contributed by atoms with Gasteiger partial charge in [0.05, 0.1) is 13.0 Å². The third-order valence-electron chi connectivity index (χ3n) is 3.86. The number of carbonyl (C=O) groups is 1. The lowest BCUT2D eigenvalue weighted by Gasteiger charge is -2.19. The Morgan fingerprint density at radius 2 is 2.10 bits per heavy atom. The van der Waals surface area contributed by atoms with E-state index in [9.17, 15) is 9.90 Å². The summed E-state index contributed by atoms with van der Waals surface area (Å²) < 4.78 is 5.54. The van der Waals surface area contributed by atoms with Crippen molar-refractivity contribution in [2.24, 2.45) is 5.92 Å². The molecular weight excluding hydrogens is 254 g/mol. The number of benzene rings is 1. The average Bonchev–Trinajstić information content (AvgIpc) is 2.88. The van der Waals surface area contributed by atoms with E-state index in [-0.39, 0.29) is 24.5 Å². The molecule has 4 heteroatoms. The molecule has 20 heavy (non-hydrogen) atoms. The topological polar surface area (TPSA) is 58.6 Å². The average molecular weight is 277 g/mol. The van der Waals surface area contributed by atoms with Gasteiger partial charge in [-0.15, -0.1) is 0 Å². The van der Waals surface area contributed by atoms with Crippen molar-refractivity contribution < 1.29 is 14.6 Å². The Hall–Kier alpha value is -1.55. The van der Waals surface area contributed by atoms with E-state index in [1.807, 2.05) is 31.2 Å². The van der Waals surface area contributed by atoms with Crippen LogP contribution in [0.4, 0.5) is 0 Å². The highest BCUT2D eigenvalue weighted by molar-refractivity contribution is 5.76. The van der Waals surface area contributed by atoms with E-state index in [0.717, 1.165) is 25.0 Å². The lowest BCUT2D eigenvalue weighted by Crippen LogP contribution is -2.39. The summed E-state index contributed by atoms with van der Waals surface area (Å²) in [7, 11) is 0. The van der Waals surface area contributed by atoms with E-state index in [1.165, 1.54) is 5.56 Å². The van der Waals surface area contributed by atoms with Crippen molar-refractivity contribution in [3.05, 3.63) is 29.8 Å². The third-order valence-corrected chi connectivity index (χ3v) is 3.86. The second kappa shape index (κ2) is 7.29. The zero-order valence-corrected chi connectivity index (χ0v) is 12.0. The standard InChI is InChI=1S/C16H23NO3/c1-12-5-7-14(8-6-12)20-10-9-16(19)17-15-4-2-3-13(15)11-18/h5-8,13,15,18H,2-4,9-11H2,1H3,(H,17,19). The van der Waals surface area contributed by atoms with Gasteiger partial charge in [-0.1, -0.05) is 24.1 Å². The smallest absolute Gasteiger partial charge is 0.223 e. The number of amides is 1. The van der Waals surface area contributed by atoms with Gasteiger partial charge in [0.15, 0.2) is 0 Å². The van der Waals surface area contributed by atoms with Crippen molar-refractivity contribution in [3.8, 4) is 5.75 Å². The van der Waals surface area contributed by atoms with Crippen LogP contribution in [-0.4, -0.2) is 30.3 Å². The molecule has 110 valence electrons. The van der Waals surface area contributed by atoms with Gasteiger partial charge in [0, 0.05) is 18.6 Å². The van der Waals surface area contributed by atoms with Gasteiger partial charge < -0.3 is 15.2 Å². The Bertz CT molecular complexity index is 430. The first kappa shape index (κ1) is 14.9. The summed E-state index contributed by atoms with van der Waals surface area (Å²) >= 11 is 0. The Balaban J connectivity index is 1.68. The number of nitrogens with one attached hydrogen (secondary N) is 1. The molecule has 2 N–H and O–H groups in total. The molecule has 2 atom stereocenters. The molecule has 4 nitrogen and oxygen atoms in total. The number of hydrogen-bond donors (Lipinski definition) is 2. The molecule has 0 aromatic heterocycles. The lowest BCUT2D eigenvalue weighted by molar-refractivity contribution is -0.122. The van der Waals surface area contributed by atoms with E-state index in [0.29, 0.717) is 13.0 Å². The van der Waals surface area contributed by atoms with Crippen LogP contribution in [0.1, 0.15) is 31.2 Å². The Morgan fingerprint density at radius 1 is 1.35 bits per heavy atom. The van der Waals surface area contributed by atoms with Crippen LogP contribution in [0.2, 0.25) is 0 Å². The molecule has 1 aliphatic rings. The van der Waals surface area contributed by atoms with E-state index >= 15 is 0 Å². The van der Waals surface area contributed by atoms with Crippen LogP contribution in [-0.2, 0) is 4.79 Å². The number of ether oxygens (including phenoxy) is 1. The molecule has 0 saturated heterocycles. The van der Waals surface area contributed by atoms with E-state index < -0.39 is 0 Å². The van der Waals surface area contributed by atoms with E-state index in [2.05, 4.69) is 5.32 Å². The first-order valence-electron chi connectivity index (χ1n) is 7.28. The second-order valence-corrected chi connectivity index (χ2v) is 5.46. The molecule has 0 spiro atoms. The Labute approximate surface area is 120 Å². The van der Waals surface area contributed by atoms with Crippen molar-refractivity contribution in [1.82, 2.24) is 5.32 Å². The van der Waals surface area contributed by atoms with Crippen LogP contribution in [0.5, 0.6) is 5.75 Å². The van der Waals surface area contributed by atoms with Gasteiger partial charge in [-0.2, -0.15) is 0 Å². The van der Waals surface area contributed by atoms with Crippen LogP contribution < -0.4 is 10.1 Å². The number of aryl methyl sites for hydroxylation is 1. The maximum absolute atomic E-state index is 11.8. The molecule has 0 aliphatic heterocycles. The molecule has 1 saturated carbocycles. The summed E-state index contributed by atoms with van der Waals surface area (Å²) in [6.45, 7) is 2.56. The minimum absolute atomic E-state index is 0.00228. The fraction of sp³-hybridized carbons (Fsp3) is 0.562. The largest absolute Gasteiger partial charge is 0.493 e. The number of hydrogen-bond acceptors (Lipinski definition) is 3. The molecule has 1 aromatic rings. The summed E-state index contributed by atoms with van der Waals surface area (Å²) in [5, 5.41) is 12.2. The van der Waals surface area contributed by atoms with Crippen molar-refractivity contribution in [2.75, 3.05) is 13.2 Å². The third kappa shape index (κ3) is 4.23. The normalized spacial score (nSPS) is 21.7. The van der Waals surface area contributed by atoms with Gasteiger partial charge in [0.25, 0.3) is 0 Å². The Kier molecular flexibility index (Phi) is 5.41. The number of aliphatic hydroxyl groups is 1. The molecule has 1 fully saturated rings. The zero-order valence-electron chi connectivity index (χ0n) is 12.0. The monoisotopic (exact) mass is 277 g/mol. The van der Waals surface area contributed by atoms with Gasteiger partial charge in [-0.25, -0.2) is 0 Å². The summed E-state index contributed by atoms with van der Waals surface area (Å²) in [5.74, 6) is 1.01. The van der Waals surface area contributed by atoms with Crippen LogP contribution in [0.25, 0.3) is 0 Å². The fourth-order valence-electron chi connectivity index (χ4n) is 2.62. The second-order valence-electron chi connectivity index (χ2n) is 5.46. The molecule has 1 aromatic carbocycles. The fourth-order valence-corrected chi connectivity index (χ4v) is 2.62. The highest BCUT2D eigenvalue weighted by Crippen LogP contribution is 2.25. The zero-order chi connectivity index (χ0) is 14.4. The summed E-state index contributed by atoms with van der Waals surface area (Å²) in [5.41, 5.74) is 1.19. The molecule has 0 bridgehead atoms. The van der Waals surface area contributed by atoms with Gasteiger partial charge in [0.2, 0.25) is 5.91 Å². The van der Waals surface area contributed by atoms with Gasteiger partial charge >= 0.3 is 0 Å². The first-order valence-corrected chi connectivity index (χ1v) is 7.28. The van der Waals surface area contributed by atoms with Crippen molar-refractivity contribution in [1.29, 1.82) is 0 Å². The SMILES string of the molecule is Cc1ccc(OCCC(=O)NC2CCCC2CO)cc1. The number of carbonyl (C=O) groups excluding carboxylic acids is 1. The molecular formula is C16H23NO3. The highest BCUT2D eigenvalue weighted by atomic mass is 16.5. The first-order chi connectivity index (χ1) is 9.69. The van der Waals surface area contributed by atoms with Gasteiger partial charge in [-0.3, -0.25) is 4.79 Å². The molecule has 2 unspecified atom stereocenters. The minimum Gasteiger partial charge on any atom is -0.493 e. The van der Waals surface area contributed by atoms with Crippen molar-refractivity contribution in [2.45, 2.75) is 38.6 Å².